The van der Waals surface area contributed by atoms with Crippen LogP contribution in [0.15, 0.2) is 23.3 Å². The molecule has 5 nitrogen and oxygen atoms in total. The summed E-state index contributed by atoms with van der Waals surface area (Å²) in [6.07, 6.45) is 12.6. The van der Waals surface area contributed by atoms with Crippen molar-refractivity contribution in [1.29, 1.82) is 5.26 Å². The first kappa shape index (κ1) is 28.8. The molecule has 0 aliphatic heterocycles. The number of hydrogen-bond donors (Lipinski definition) is 1. The minimum Gasteiger partial charge on any atom is -0.359 e. The minimum absolute atomic E-state index is 0.0328. The average molecular weight is 521 g/mol. The van der Waals surface area contributed by atoms with E-state index in [9.17, 15) is 19.6 Å². The highest BCUT2D eigenvalue weighted by molar-refractivity contribution is 6.04. The van der Waals surface area contributed by atoms with E-state index >= 15 is 0 Å². The van der Waals surface area contributed by atoms with E-state index < -0.39 is 10.8 Å². The van der Waals surface area contributed by atoms with Crippen LogP contribution in [0.1, 0.15) is 100 Å². The molecule has 3 fully saturated rings. The molecule has 3 saturated carbocycles. The summed E-state index contributed by atoms with van der Waals surface area (Å²) in [4.78, 5) is 36.4. The van der Waals surface area contributed by atoms with Gasteiger partial charge in [0.15, 0.2) is 11.6 Å². The fourth-order valence-corrected chi connectivity index (χ4v) is 9.63. The molecule has 0 bridgehead atoms. The Morgan fingerprint density at radius 3 is 2.26 bits per heavy atom. The average Bonchev–Trinajstić information content (AvgIpc) is 2.84. The van der Waals surface area contributed by atoms with E-state index in [4.69, 9.17) is 0 Å². The maximum atomic E-state index is 14.0. The van der Waals surface area contributed by atoms with Gasteiger partial charge in [0, 0.05) is 23.3 Å². The van der Waals surface area contributed by atoms with Gasteiger partial charge in [-0.15, -0.1) is 0 Å². The van der Waals surface area contributed by atoms with Crippen molar-refractivity contribution in [3.63, 3.8) is 0 Å². The van der Waals surface area contributed by atoms with Crippen LogP contribution in [0.5, 0.6) is 0 Å². The molecule has 7 unspecified atom stereocenters. The molecule has 0 spiro atoms. The number of ketones is 2. The van der Waals surface area contributed by atoms with Crippen LogP contribution in [0.4, 0.5) is 0 Å². The summed E-state index contributed by atoms with van der Waals surface area (Å²) in [5, 5.41) is 12.2. The van der Waals surface area contributed by atoms with Crippen molar-refractivity contribution in [2.24, 2.45) is 50.7 Å². The predicted octanol–water partition coefficient (Wildman–Crippen LogP) is 6.59. The van der Waals surface area contributed by atoms with Crippen LogP contribution >= 0.6 is 0 Å². The highest BCUT2D eigenvalue weighted by atomic mass is 16.1. The summed E-state index contributed by atoms with van der Waals surface area (Å²) < 4.78 is 0. The topological polar surface area (TPSA) is 87.0 Å². The maximum Gasteiger partial charge on any atom is 0.207 e. The summed E-state index contributed by atoms with van der Waals surface area (Å²) >= 11 is 0. The molecule has 0 aromatic heterocycles. The van der Waals surface area contributed by atoms with Gasteiger partial charge in [-0.1, -0.05) is 60.1 Å². The fraction of sp³-hybridized carbons (Fsp3) is 0.758. The molecule has 38 heavy (non-hydrogen) atoms. The second-order valence-corrected chi connectivity index (χ2v) is 14.9. The molecule has 0 saturated heterocycles. The number of amides is 1. The molecule has 7 atom stereocenters. The van der Waals surface area contributed by atoms with Crippen molar-refractivity contribution >= 4 is 18.0 Å². The largest absolute Gasteiger partial charge is 0.359 e. The van der Waals surface area contributed by atoms with Gasteiger partial charge in [-0.25, -0.2) is 0 Å². The molecule has 5 aliphatic rings. The van der Waals surface area contributed by atoms with Gasteiger partial charge in [0.1, 0.15) is 6.07 Å². The third kappa shape index (κ3) is 4.22. The zero-order valence-corrected chi connectivity index (χ0v) is 24.9. The number of carbonyl (C=O) groups excluding carboxylic acids is 3. The van der Waals surface area contributed by atoms with E-state index in [0.29, 0.717) is 29.4 Å². The van der Waals surface area contributed by atoms with E-state index in [-0.39, 0.29) is 34.0 Å². The van der Waals surface area contributed by atoms with Crippen LogP contribution in [0.3, 0.4) is 0 Å². The third-order valence-electron chi connectivity index (χ3n) is 11.8. The highest BCUT2D eigenvalue weighted by Gasteiger charge is 2.65. The van der Waals surface area contributed by atoms with Crippen molar-refractivity contribution in [2.45, 2.75) is 100 Å². The first-order valence-electron chi connectivity index (χ1n) is 14.7. The number of fused-ring (bicyclic) bond motifs is 7. The van der Waals surface area contributed by atoms with Gasteiger partial charge in [0.2, 0.25) is 6.41 Å². The molecular formula is C33H48N2O3. The lowest BCUT2D eigenvalue weighted by molar-refractivity contribution is -0.146. The van der Waals surface area contributed by atoms with E-state index in [1.165, 1.54) is 24.8 Å². The van der Waals surface area contributed by atoms with Crippen molar-refractivity contribution in [2.75, 3.05) is 6.54 Å². The standard InChI is InChI=1S/C30H41NO2.C3H7NO/c1-26(2)12-13-28(5)10-8-19-24(20(28)16-26)21(32)14-23-29(19,6)11-9-22-27(3,4)25(33)18(17-31)15-30(22,23)7;1-2-4-3-5/h14-15,19-20,22,24H,8-13,16H2,1-7H3;3H,2H2,1H3,(H,4,5). The normalized spacial score (nSPS) is 42.3. The number of nitriles is 1. The zero-order chi connectivity index (χ0) is 28.3. The lowest BCUT2D eigenvalue weighted by Gasteiger charge is -2.65. The van der Waals surface area contributed by atoms with Gasteiger partial charge >= 0.3 is 0 Å². The summed E-state index contributed by atoms with van der Waals surface area (Å²) in [6.45, 7) is 18.4. The Balaban J connectivity index is 0.000000617. The number of Topliss-reactive ketones (excluding diaryl/α,β-unsaturated/α-hetero) is 1. The lowest BCUT2D eigenvalue weighted by atomic mass is 9.38. The smallest absolute Gasteiger partial charge is 0.207 e. The number of rotatable bonds is 2. The van der Waals surface area contributed by atoms with Gasteiger partial charge in [0.05, 0.1) is 5.57 Å². The Labute approximate surface area is 229 Å². The Morgan fingerprint density at radius 1 is 1.00 bits per heavy atom. The second-order valence-electron chi connectivity index (χ2n) is 14.9. The molecule has 0 aromatic rings. The summed E-state index contributed by atoms with van der Waals surface area (Å²) in [6, 6.07) is 2.19. The van der Waals surface area contributed by atoms with Crippen molar-refractivity contribution in [3.05, 3.63) is 23.3 Å². The fourth-order valence-electron chi connectivity index (χ4n) is 9.63. The van der Waals surface area contributed by atoms with Crippen LogP contribution < -0.4 is 5.32 Å². The van der Waals surface area contributed by atoms with Crippen molar-refractivity contribution < 1.29 is 14.4 Å². The summed E-state index contributed by atoms with van der Waals surface area (Å²) in [5.74, 6) is 1.37. The molecule has 5 heteroatoms. The predicted molar refractivity (Wildman–Crippen MR) is 150 cm³/mol. The number of allylic oxidation sites excluding steroid dienone is 4. The van der Waals surface area contributed by atoms with E-state index in [1.54, 1.807) is 0 Å². The van der Waals surface area contributed by atoms with E-state index in [1.807, 2.05) is 32.9 Å². The Morgan fingerprint density at radius 2 is 1.68 bits per heavy atom. The van der Waals surface area contributed by atoms with Crippen LogP contribution in [0.2, 0.25) is 0 Å². The first-order valence-corrected chi connectivity index (χ1v) is 14.7. The Bertz CT molecular complexity index is 1120. The number of carbonyl (C=O) groups is 3. The second kappa shape index (κ2) is 9.46. The number of hydrogen-bond acceptors (Lipinski definition) is 4. The SMILES string of the molecule is CC1(C)CCC2(C)CCC3C(C(=O)C=C4C5(C)C=C(C#N)C(=O)C(C)(C)C5CCC43C)C2C1.CCNC=O. The van der Waals surface area contributed by atoms with Gasteiger partial charge in [-0.05, 0) is 91.9 Å². The molecule has 1 N–H and O–H groups in total. The Hall–Kier alpha value is -2.22. The summed E-state index contributed by atoms with van der Waals surface area (Å²) in [7, 11) is 0. The van der Waals surface area contributed by atoms with E-state index in [0.717, 1.165) is 32.2 Å². The van der Waals surface area contributed by atoms with Crippen molar-refractivity contribution in [1.82, 2.24) is 5.32 Å². The Kier molecular flexibility index (Phi) is 7.16. The molecule has 208 valence electrons. The van der Waals surface area contributed by atoms with E-state index in [2.05, 4.69) is 46.0 Å². The van der Waals surface area contributed by atoms with Gasteiger partial charge in [0.25, 0.3) is 0 Å². The van der Waals surface area contributed by atoms with Crippen LogP contribution in [-0.2, 0) is 14.4 Å². The van der Waals surface area contributed by atoms with Crippen molar-refractivity contribution in [3.8, 4) is 6.07 Å². The molecule has 5 aliphatic carbocycles. The first-order chi connectivity index (χ1) is 17.6. The van der Waals surface area contributed by atoms with Crippen LogP contribution in [0.25, 0.3) is 0 Å². The molecule has 1 amide bonds. The molecule has 0 radical (unpaired) electrons. The minimum atomic E-state index is -0.588. The van der Waals surface area contributed by atoms with Crippen LogP contribution in [-0.4, -0.2) is 24.5 Å². The molecule has 0 heterocycles. The van der Waals surface area contributed by atoms with Crippen LogP contribution in [0, 0.1) is 62.1 Å². The molecular weight excluding hydrogens is 472 g/mol. The quantitative estimate of drug-likeness (QED) is 0.416. The van der Waals surface area contributed by atoms with Gasteiger partial charge < -0.3 is 5.32 Å². The monoisotopic (exact) mass is 520 g/mol. The lowest BCUT2D eigenvalue weighted by Crippen LogP contribution is -2.60. The number of nitrogens with one attached hydrogen (secondary N) is 1. The maximum absolute atomic E-state index is 14.0. The summed E-state index contributed by atoms with van der Waals surface area (Å²) in [5.41, 5.74) is 1.03. The third-order valence-corrected chi connectivity index (χ3v) is 11.8. The van der Waals surface area contributed by atoms with Gasteiger partial charge in [-0.3, -0.25) is 14.4 Å². The molecule has 5 rings (SSSR count). The number of nitrogens with zero attached hydrogens (tertiary/aromatic N) is 1. The molecule has 0 aromatic carbocycles. The van der Waals surface area contributed by atoms with Gasteiger partial charge in [-0.2, -0.15) is 5.26 Å². The highest BCUT2D eigenvalue weighted by Crippen LogP contribution is 2.70. The zero-order valence-electron chi connectivity index (χ0n) is 24.9.